The average Bonchev–Trinajstić information content (AvgIpc) is 1.91. The van der Waals surface area contributed by atoms with Crippen LogP contribution in [0.15, 0.2) is 30.3 Å². The molecule has 0 saturated heterocycles. The molecule has 0 radical (unpaired) electrons. The summed E-state index contributed by atoms with van der Waals surface area (Å²) in [6.07, 6.45) is 0. The van der Waals surface area contributed by atoms with Crippen LogP contribution >= 0.6 is 0 Å². The molecule has 0 unspecified atom stereocenters. The normalized spacial score (nSPS) is 7.90. The number of rotatable bonds is 0. The van der Waals surface area contributed by atoms with Crippen LogP contribution in [0.5, 0.6) is 0 Å². The highest BCUT2D eigenvalue weighted by Crippen LogP contribution is 1.92. The number of hydrogen-bond donors (Lipinski definition) is 0. The fourth-order valence-electron chi connectivity index (χ4n) is 0.534. The summed E-state index contributed by atoms with van der Waals surface area (Å²) in [5, 5.41) is 0. The highest BCUT2D eigenvalue weighted by atomic mass is 19.1. The summed E-state index contributed by atoms with van der Waals surface area (Å²) in [4.78, 5) is 0. The van der Waals surface area contributed by atoms with E-state index in [1.165, 1.54) is 12.5 Å². The van der Waals surface area contributed by atoms with E-state index in [0.717, 1.165) is 0 Å². The van der Waals surface area contributed by atoms with Crippen molar-refractivity contribution in [2.24, 2.45) is 0 Å². The molecule has 1 rings (SSSR count). The van der Waals surface area contributed by atoms with Crippen LogP contribution < -0.4 is 0 Å². The third kappa shape index (κ3) is 5.29. The lowest BCUT2D eigenvalue weighted by Crippen LogP contribution is -1.62. The van der Waals surface area contributed by atoms with Gasteiger partial charge in [0.05, 0.1) is 6.67 Å². The predicted molar refractivity (Wildman–Crippen MR) is 42.8 cm³/mol. The molecule has 0 aliphatic rings. The molecule has 56 valence electrons. The Hall–Kier alpha value is -0.850. The number of aryl methyl sites for hydroxylation is 1. The molecule has 0 fully saturated rings. The topological polar surface area (TPSA) is 0 Å². The van der Waals surface area contributed by atoms with E-state index >= 15 is 0 Å². The lowest BCUT2D eigenvalue weighted by atomic mass is 10.2. The van der Waals surface area contributed by atoms with Crippen molar-refractivity contribution in [1.82, 2.24) is 0 Å². The summed E-state index contributed by atoms with van der Waals surface area (Å²) in [5.41, 5.74) is 1.32. The van der Waals surface area contributed by atoms with E-state index in [1.54, 1.807) is 0 Å². The first kappa shape index (κ1) is 9.15. The van der Waals surface area contributed by atoms with Gasteiger partial charge in [-0.2, -0.15) is 0 Å². The summed E-state index contributed by atoms with van der Waals surface area (Å²) in [6.45, 7) is 3.29. The molecule has 1 aromatic carbocycles. The lowest BCUT2D eigenvalue weighted by molar-refractivity contribution is 0.527. The molecule has 1 heteroatoms. The molecular formula is C9H13F. The second kappa shape index (κ2) is 6.27. The van der Waals surface area contributed by atoms with Gasteiger partial charge < -0.3 is 0 Å². The molecule has 0 bridgehead atoms. The van der Waals surface area contributed by atoms with Crippen molar-refractivity contribution in [2.45, 2.75) is 13.8 Å². The molecule has 0 atom stereocenters. The van der Waals surface area contributed by atoms with Crippen LogP contribution in [0.1, 0.15) is 12.5 Å². The fourth-order valence-corrected chi connectivity index (χ4v) is 0.534. The van der Waals surface area contributed by atoms with E-state index in [9.17, 15) is 4.39 Å². The molecule has 0 spiro atoms. The van der Waals surface area contributed by atoms with Crippen LogP contribution in [-0.2, 0) is 0 Å². The van der Waals surface area contributed by atoms with Gasteiger partial charge in [0.1, 0.15) is 0 Å². The number of alkyl halides is 1. The van der Waals surface area contributed by atoms with Gasteiger partial charge in [0, 0.05) is 0 Å². The molecule has 0 aliphatic heterocycles. The number of benzene rings is 1. The SMILES string of the molecule is CCF.Cc1ccccc1. The van der Waals surface area contributed by atoms with Gasteiger partial charge in [-0.1, -0.05) is 35.9 Å². The zero-order valence-electron chi connectivity index (χ0n) is 6.47. The van der Waals surface area contributed by atoms with E-state index in [2.05, 4.69) is 19.1 Å². The van der Waals surface area contributed by atoms with Crippen molar-refractivity contribution in [3.8, 4) is 0 Å². The van der Waals surface area contributed by atoms with Gasteiger partial charge in [0.2, 0.25) is 0 Å². The quantitative estimate of drug-likeness (QED) is 0.519. The molecule has 0 amide bonds. The van der Waals surface area contributed by atoms with Crippen molar-refractivity contribution in [3.05, 3.63) is 35.9 Å². The van der Waals surface area contributed by atoms with Crippen LogP contribution in [0.3, 0.4) is 0 Å². The predicted octanol–water partition coefficient (Wildman–Crippen LogP) is 2.97. The Bertz CT molecular complexity index is 146. The third-order valence-corrected chi connectivity index (χ3v) is 0.940. The van der Waals surface area contributed by atoms with Crippen molar-refractivity contribution >= 4 is 0 Å². The number of hydrogen-bond acceptors (Lipinski definition) is 0. The summed E-state index contributed by atoms with van der Waals surface area (Å²) in [7, 11) is 0. The monoisotopic (exact) mass is 140 g/mol. The molecule has 0 aromatic heterocycles. The third-order valence-electron chi connectivity index (χ3n) is 0.940. The smallest absolute Gasteiger partial charge is 0.0866 e. The van der Waals surface area contributed by atoms with Crippen LogP contribution in [0.2, 0.25) is 0 Å². The van der Waals surface area contributed by atoms with Gasteiger partial charge in [0.25, 0.3) is 0 Å². The van der Waals surface area contributed by atoms with E-state index in [0.29, 0.717) is 0 Å². The van der Waals surface area contributed by atoms with Crippen LogP contribution in [-0.4, -0.2) is 6.67 Å². The Morgan fingerprint density at radius 1 is 1.20 bits per heavy atom. The summed E-state index contributed by atoms with van der Waals surface area (Å²) in [5.74, 6) is 0. The maximum Gasteiger partial charge on any atom is 0.0866 e. The van der Waals surface area contributed by atoms with Crippen LogP contribution in [0, 0.1) is 6.92 Å². The highest BCUT2D eigenvalue weighted by molar-refractivity contribution is 5.11. The Labute approximate surface area is 61.7 Å². The average molecular weight is 140 g/mol. The first-order chi connectivity index (χ1) is 4.81. The number of halogens is 1. The molecule has 0 nitrogen and oxygen atoms in total. The fraction of sp³-hybridized carbons (Fsp3) is 0.333. The molecule has 10 heavy (non-hydrogen) atoms. The molecule has 0 saturated carbocycles. The summed E-state index contributed by atoms with van der Waals surface area (Å²) in [6, 6.07) is 10.3. The van der Waals surface area contributed by atoms with E-state index < -0.39 is 0 Å². The van der Waals surface area contributed by atoms with Crippen molar-refractivity contribution in [2.75, 3.05) is 6.67 Å². The largest absolute Gasteiger partial charge is 0.251 e. The maximum atomic E-state index is 10.3. The zero-order valence-corrected chi connectivity index (χ0v) is 6.47. The van der Waals surface area contributed by atoms with Gasteiger partial charge >= 0.3 is 0 Å². The standard InChI is InChI=1S/C7H8.C2H5F/c1-7-5-3-2-4-6-7;1-2-3/h2-6H,1H3;2H2,1H3. The highest BCUT2D eigenvalue weighted by Gasteiger charge is 1.72. The minimum Gasteiger partial charge on any atom is -0.251 e. The Balaban J connectivity index is 0.000000236. The van der Waals surface area contributed by atoms with Gasteiger partial charge in [-0.15, -0.1) is 0 Å². The molecule has 0 aliphatic carbocycles. The molecule has 0 heterocycles. The lowest BCUT2D eigenvalue weighted by Gasteiger charge is -1.82. The Kier molecular flexibility index (Phi) is 5.74. The van der Waals surface area contributed by atoms with Crippen molar-refractivity contribution < 1.29 is 4.39 Å². The van der Waals surface area contributed by atoms with E-state index in [1.807, 2.05) is 18.2 Å². The molecule has 1 aromatic rings. The second-order valence-electron chi connectivity index (χ2n) is 1.92. The van der Waals surface area contributed by atoms with Crippen LogP contribution in [0.25, 0.3) is 0 Å². The Morgan fingerprint density at radius 2 is 1.60 bits per heavy atom. The van der Waals surface area contributed by atoms with Gasteiger partial charge in [-0.3, -0.25) is 4.39 Å². The first-order valence-corrected chi connectivity index (χ1v) is 3.39. The van der Waals surface area contributed by atoms with Crippen LogP contribution in [0.4, 0.5) is 4.39 Å². The minimum absolute atomic E-state index is 0.250. The minimum atomic E-state index is -0.250. The van der Waals surface area contributed by atoms with E-state index in [4.69, 9.17) is 0 Å². The molecule has 0 N–H and O–H groups in total. The molecular weight excluding hydrogens is 127 g/mol. The van der Waals surface area contributed by atoms with Gasteiger partial charge in [0.15, 0.2) is 0 Å². The zero-order chi connectivity index (χ0) is 7.82. The van der Waals surface area contributed by atoms with Crippen molar-refractivity contribution in [3.63, 3.8) is 0 Å². The first-order valence-electron chi connectivity index (χ1n) is 3.39. The van der Waals surface area contributed by atoms with Gasteiger partial charge in [-0.05, 0) is 13.8 Å². The maximum absolute atomic E-state index is 10.3. The summed E-state index contributed by atoms with van der Waals surface area (Å²) >= 11 is 0. The second-order valence-corrected chi connectivity index (χ2v) is 1.92. The summed E-state index contributed by atoms with van der Waals surface area (Å²) < 4.78 is 10.3. The van der Waals surface area contributed by atoms with E-state index in [-0.39, 0.29) is 6.67 Å². The Morgan fingerprint density at radius 3 is 1.80 bits per heavy atom. The van der Waals surface area contributed by atoms with Gasteiger partial charge in [-0.25, -0.2) is 0 Å². The van der Waals surface area contributed by atoms with Crippen molar-refractivity contribution in [1.29, 1.82) is 0 Å².